The number of aromatic nitrogens is 1. The first kappa shape index (κ1) is 15.0. The number of halogens is 1. The van der Waals surface area contributed by atoms with Crippen LogP contribution in [0.2, 0.25) is 5.15 Å². The van der Waals surface area contributed by atoms with Crippen LogP contribution in [0.5, 0.6) is 0 Å². The molecular weight excluding hydrogens is 282 g/mol. The minimum atomic E-state index is -0.106. The molecule has 0 bridgehead atoms. The number of anilines is 1. The molecule has 0 aliphatic carbocycles. The summed E-state index contributed by atoms with van der Waals surface area (Å²) in [5, 5.41) is 3.16. The molecule has 7 heteroatoms. The van der Waals surface area contributed by atoms with Crippen LogP contribution >= 0.6 is 11.6 Å². The number of carbonyl (C=O) groups excluding carboxylic acids is 1. The second-order valence-electron chi connectivity index (χ2n) is 4.57. The second-order valence-corrected chi connectivity index (χ2v) is 4.96. The van der Waals surface area contributed by atoms with Crippen molar-refractivity contribution in [3.8, 4) is 0 Å². The maximum Gasteiger partial charge on any atom is 0.254 e. The van der Waals surface area contributed by atoms with E-state index >= 15 is 0 Å². The Labute approximate surface area is 123 Å². The standard InChI is InChI=1S/C13H18ClN3O3/c1-15-12-5-8(4-11(14)16-12)13(18)17-6-9(19-2)10(7-17)20-3/h4-5,9-10H,6-7H2,1-3H3,(H,15,16). The van der Waals surface area contributed by atoms with E-state index in [1.54, 1.807) is 38.3 Å². The molecule has 1 aromatic heterocycles. The molecule has 2 atom stereocenters. The van der Waals surface area contributed by atoms with Gasteiger partial charge in [0.2, 0.25) is 0 Å². The first-order chi connectivity index (χ1) is 9.58. The molecule has 0 spiro atoms. The molecule has 2 unspecified atom stereocenters. The monoisotopic (exact) mass is 299 g/mol. The third-order valence-electron chi connectivity index (χ3n) is 3.41. The Morgan fingerprint density at radius 1 is 1.35 bits per heavy atom. The predicted molar refractivity (Wildman–Crippen MR) is 76.3 cm³/mol. The molecule has 1 N–H and O–H groups in total. The van der Waals surface area contributed by atoms with Crippen molar-refractivity contribution in [2.75, 3.05) is 39.7 Å². The lowest BCUT2D eigenvalue weighted by atomic mass is 10.2. The van der Waals surface area contributed by atoms with Gasteiger partial charge in [-0.1, -0.05) is 11.6 Å². The van der Waals surface area contributed by atoms with E-state index in [-0.39, 0.29) is 23.3 Å². The first-order valence-corrected chi connectivity index (χ1v) is 6.67. The van der Waals surface area contributed by atoms with Gasteiger partial charge >= 0.3 is 0 Å². The summed E-state index contributed by atoms with van der Waals surface area (Å²) >= 11 is 5.92. The van der Waals surface area contributed by atoms with Crippen molar-refractivity contribution >= 4 is 23.3 Å². The smallest absolute Gasteiger partial charge is 0.254 e. The lowest BCUT2D eigenvalue weighted by molar-refractivity contribution is -0.00461. The average Bonchev–Trinajstić information content (AvgIpc) is 2.88. The summed E-state index contributed by atoms with van der Waals surface area (Å²) in [7, 11) is 4.96. The first-order valence-electron chi connectivity index (χ1n) is 6.29. The number of carbonyl (C=O) groups is 1. The number of amides is 1. The third kappa shape index (κ3) is 3.03. The normalized spacial score (nSPS) is 22.1. The van der Waals surface area contributed by atoms with Crippen molar-refractivity contribution in [3.63, 3.8) is 0 Å². The van der Waals surface area contributed by atoms with Gasteiger partial charge in [0.05, 0.1) is 0 Å². The molecule has 0 aromatic carbocycles. The number of pyridine rings is 1. The molecule has 0 radical (unpaired) electrons. The number of hydrogen-bond acceptors (Lipinski definition) is 5. The van der Waals surface area contributed by atoms with E-state index < -0.39 is 0 Å². The van der Waals surface area contributed by atoms with E-state index in [4.69, 9.17) is 21.1 Å². The number of hydrogen-bond donors (Lipinski definition) is 1. The molecular formula is C13H18ClN3O3. The highest BCUT2D eigenvalue weighted by Gasteiger charge is 2.36. The quantitative estimate of drug-likeness (QED) is 0.848. The molecule has 6 nitrogen and oxygen atoms in total. The molecule has 2 rings (SSSR count). The van der Waals surface area contributed by atoms with Gasteiger partial charge in [0.15, 0.2) is 0 Å². The fourth-order valence-electron chi connectivity index (χ4n) is 2.29. The predicted octanol–water partition coefficient (Wildman–Crippen LogP) is 1.26. The van der Waals surface area contributed by atoms with Crippen molar-refractivity contribution in [1.29, 1.82) is 0 Å². The Kier molecular flexibility index (Phi) is 4.80. The largest absolute Gasteiger partial charge is 0.377 e. The number of likely N-dealkylation sites (tertiary alicyclic amines) is 1. The van der Waals surface area contributed by atoms with E-state index in [1.807, 2.05) is 0 Å². The van der Waals surface area contributed by atoms with Crippen LogP contribution < -0.4 is 5.32 Å². The van der Waals surface area contributed by atoms with E-state index in [2.05, 4.69) is 10.3 Å². The van der Waals surface area contributed by atoms with Crippen molar-refractivity contribution < 1.29 is 14.3 Å². The summed E-state index contributed by atoms with van der Waals surface area (Å²) < 4.78 is 10.7. The lowest BCUT2D eigenvalue weighted by Gasteiger charge is -2.16. The van der Waals surface area contributed by atoms with Crippen LogP contribution in [-0.4, -0.2) is 62.4 Å². The molecule has 0 saturated carbocycles. The third-order valence-corrected chi connectivity index (χ3v) is 3.60. The zero-order valence-corrected chi connectivity index (χ0v) is 12.5. The van der Waals surface area contributed by atoms with Crippen LogP contribution in [0.1, 0.15) is 10.4 Å². The van der Waals surface area contributed by atoms with Crippen LogP contribution in [0.4, 0.5) is 5.82 Å². The summed E-state index contributed by atoms with van der Waals surface area (Å²) in [6.07, 6.45) is -0.213. The van der Waals surface area contributed by atoms with Crippen LogP contribution in [0, 0.1) is 0 Å². The van der Waals surface area contributed by atoms with Gasteiger partial charge in [-0.15, -0.1) is 0 Å². The van der Waals surface area contributed by atoms with Gasteiger partial charge in [-0.25, -0.2) is 4.98 Å². The number of ether oxygens (including phenoxy) is 2. The number of methoxy groups -OCH3 is 2. The minimum absolute atomic E-state index is 0.104. The maximum absolute atomic E-state index is 12.5. The Bertz CT molecular complexity index is 486. The summed E-state index contributed by atoms with van der Waals surface area (Å²) in [6.45, 7) is 1.01. The molecule has 1 saturated heterocycles. The second kappa shape index (κ2) is 6.39. The van der Waals surface area contributed by atoms with Gasteiger partial charge in [-0.05, 0) is 12.1 Å². The average molecular weight is 300 g/mol. The van der Waals surface area contributed by atoms with Crippen LogP contribution in [0.3, 0.4) is 0 Å². The summed E-state index contributed by atoms with van der Waals surface area (Å²) in [5.74, 6) is 0.457. The SMILES string of the molecule is CNc1cc(C(=O)N2CC(OC)C(OC)C2)cc(Cl)n1. The topological polar surface area (TPSA) is 63.7 Å². The van der Waals surface area contributed by atoms with Crippen molar-refractivity contribution in [3.05, 3.63) is 22.8 Å². The highest BCUT2D eigenvalue weighted by atomic mass is 35.5. The molecule has 1 aliphatic rings. The zero-order valence-electron chi connectivity index (χ0n) is 11.7. The van der Waals surface area contributed by atoms with E-state index in [9.17, 15) is 4.79 Å². The van der Waals surface area contributed by atoms with Crippen LogP contribution in [0.15, 0.2) is 12.1 Å². The van der Waals surface area contributed by atoms with Crippen LogP contribution in [0.25, 0.3) is 0 Å². The number of nitrogens with one attached hydrogen (secondary N) is 1. The molecule has 1 aliphatic heterocycles. The Hall–Kier alpha value is -1.37. The maximum atomic E-state index is 12.5. The van der Waals surface area contributed by atoms with Crippen LogP contribution in [-0.2, 0) is 9.47 Å². The van der Waals surface area contributed by atoms with Gasteiger partial charge in [-0.3, -0.25) is 4.79 Å². The summed E-state index contributed by atoms with van der Waals surface area (Å²) in [6, 6.07) is 3.24. The van der Waals surface area contributed by atoms with E-state index in [0.29, 0.717) is 24.5 Å². The number of nitrogens with zero attached hydrogens (tertiary/aromatic N) is 2. The summed E-state index contributed by atoms with van der Waals surface area (Å²) in [5.41, 5.74) is 0.501. The highest BCUT2D eigenvalue weighted by molar-refractivity contribution is 6.29. The fraction of sp³-hybridized carbons (Fsp3) is 0.538. The molecule has 20 heavy (non-hydrogen) atoms. The number of rotatable bonds is 4. The fourth-order valence-corrected chi connectivity index (χ4v) is 2.50. The van der Waals surface area contributed by atoms with Gasteiger partial charge in [-0.2, -0.15) is 0 Å². The van der Waals surface area contributed by atoms with E-state index in [0.717, 1.165) is 0 Å². The highest BCUT2D eigenvalue weighted by Crippen LogP contribution is 2.21. The molecule has 110 valence electrons. The molecule has 2 heterocycles. The molecule has 1 amide bonds. The minimum Gasteiger partial charge on any atom is -0.377 e. The Morgan fingerprint density at radius 3 is 2.45 bits per heavy atom. The van der Waals surface area contributed by atoms with Crippen molar-refractivity contribution in [1.82, 2.24) is 9.88 Å². The van der Waals surface area contributed by atoms with Gasteiger partial charge in [0.25, 0.3) is 5.91 Å². The van der Waals surface area contributed by atoms with Gasteiger partial charge < -0.3 is 19.7 Å². The summed E-state index contributed by atoms with van der Waals surface area (Å²) in [4.78, 5) is 18.3. The van der Waals surface area contributed by atoms with E-state index in [1.165, 1.54) is 0 Å². The Morgan fingerprint density at radius 2 is 1.95 bits per heavy atom. The van der Waals surface area contributed by atoms with Crippen molar-refractivity contribution in [2.45, 2.75) is 12.2 Å². The molecule has 1 aromatic rings. The van der Waals surface area contributed by atoms with Gasteiger partial charge in [0.1, 0.15) is 23.2 Å². The van der Waals surface area contributed by atoms with Crippen molar-refractivity contribution in [2.24, 2.45) is 0 Å². The van der Waals surface area contributed by atoms with Gasteiger partial charge in [0, 0.05) is 39.9 Å². The molecule has 1 fully saturated rings. The zero-order chi connectivity index (χ0) is 14.7. The lowest BCUT2D eigenvalue weighted by Crippen LogP contribution is -2.30. The Balaban J connectivity index is 2.18.